The fourth-order valence-corrected chi connectivity index (χ4v) is 7.87. The summed E-state index contributed by atoms with van der Waals surface area (Å²) >= 11 is 0. The van der Waals surface area contributed by atoms with Crippen LogP contribution in [0.3, 0.4) is 0 Å². The van der Waals surface area contributed by atoms with Crippen molar-refractivity contribution in [3.05, 3.63) is 199 Å². The molecular formula is C49H37N. The van der Waals surface area contributed by atoms with Crippen molar-refractivity contribution in [3.63, 3.8) is 0 Å². The van der Waals surface area contributed by atoms with E-state index in [0.717, 1.165) is 17.1 Å². The molecule has 1 aliphatic rings. The Morgan fingerprint density at radius 2 is 0.860 bits per heavy atom. The molecule has 0 amide bonds. The predicted octanol–water partition coefficient (Wildman–Crippen LogP) is 13.6. The molecule has 0 aliphatic heterocycles. The van der Waals surface area contributed by atoms with Gasteiger partial charge < -0.3 is 4.90 Å². The van der Waals surface area contributed by atoms with Gasteiger partial charge in [0.15, 0.2) is 0 Å². The molecule has 8 aromatic rings. The van der Waals surface area contributed by atoms with Crippen LogP contribution in [0.5, 0.6) is 0 Å². The number of hydrogen-bond acceptors (Lipinski definition) is 1. The van der Waals surface area contributed by atoms with Crippen molar-refractivity contribution in [1.29, 1.82) is 0 Å². The van der Waals surface area contributed by atoms with Crippen LogP contribution in [-0.4, -0.2) is 0 Å². The third-order valence-electron chi connectivity index (χ3n) is 10.5. The zero-order valence-electron chi connectivity index (χ0n) is 28.3. The summed E-state index contributed by atoms with van der Waals surface area (Å²) in [5, 5.41) is 2.50. The van der Waals surface area contributed by atoms with Crippen LogP contribution in [0.25, 0.3) is 55.3 Å². The number of rotatable bonds is 6. The average molecular weight is 640 g/mol. The fourth-order valence-electron chi connectivity index (χ4n) is 7.87. The topological polar surface area (TPSA) is 3.24 Å². The highest BCUT2D eigenvalue weighted by Gasteiger charge is 2.35. The molecule has 0 atom stereocenters. The first-order valence-corrected chi connectivity index (χ1v) is 17.4. The molecule has 9 rings (SSSR count). The van der Waals surface area contributed by atoms with E-state index in [1.54, 1.807) is 0 Å². The maximum absolute atomic E-state index is 2.41. The van der Waals surface area contributed by atoms with Crippen molar-refractivity contribution < 1.29 is 0 Å². The first-order chi connectivity index (χ1) is 24.5. The van der Waals surface area contributed by atoms with Crippen molar-refractivity contribution in [2.45, 2.75) is 19.3 Å². The quantitative estimate of drug-likeness (QED) is 0.175. The second kappa shape index (κ2) is 12.1. The van der Waals surface area contributed by atoms with Gasteiger partial charge in [-0.15, -0.1) is 0 Å². The van der Waals surface area contributed by atoms with Gasteiger partial charge in [-0.3, -0.25) is 0 Å². The van der Waals surface area contributed by atoms with Crippen molar-refractivity contribution in [2.24, 2.45) is 0 Å². The highest BCUT2D eigenvalue weighted by Crippen LogP contribution is 2.50. The van der Waals surface area contributed by atoms with Gasteiger partial charge in [-0.25, -0.2) is 0 Å². The molecule has 0 heterocycles. The van der Waals surface area contributed by atoms with Crippen LogP contribution in [0.2, 0.25) is 0 Å². The third kappa shape index (κ3) is 5.11. The lowest BCUT2D eigenvalue weighted by Crippen LogP contribution is -2.16. The average Bonchev–Trinajstić information content (AvgIpc) is 3.41. The Morgan fingerprint density at radius 3 is 1.64 bits per heavy atom. The Bertz CT molecular complexity index is 2510. The summed E-state index contributed by atoms with van der Waals surface area (Å²) in [6.45, 7) is 4.70. The molecule has 0 spiro atoms. The second-order valence-electron chi connectivity index (χ2n) is 13.8. The highest BCUT2D eigenvalue weighted by molar-refractivity contribution is 5.90. The van der Waals surface area contributed by atoms with Crippen molar-refractivity contribution >= 4 is 27.8 Å². The molecule has 1 heteroatoms. The van der Waals surface area contributed by atoms with E-state index in [0.29, 0.717) is 0 Å². The van der Waals surface area contributed by atoms with Crippen LogP contribution in [0.15, 0.2) is 188 Å². The maximum Gasteiger partial charge on any atom is 0.0467 e. The predicted molar refractivity (Wildman–Crippen MR) is 213 cm³/mol. The molecule has 0 fully saturated rings. The lowest BCUT2D eigenvalue weighted by Gasteiger charge is -2.28. The smallest absolute Gasteiger partial charge is 0.0467 e. The highest BCUT2D eigenvalue weighted by atomic mass is 15.1. The minimum atomic E-state index is -0.0917. The molecule has 0 N–H and O–H groups in total. The standard InChI is InChI=1S/C49H37N/c1-49(2)47-22-11-10-21-45(47)46-30-29-42(33-48(46)49)50(41-18-12-17-38(32-41)39-24-23-34-13-6-7-16-37(34)31-39)40-27-25-36(26-28-40)44-20-9-8-19-43(44)35-14-4-3-5-15-35/h3-33H,1-2H3. The minimum Gasteiger partial charge on any atom is -0.310 e. The van der Waals surface area contributed by atoms with E-state index in [1.165, 1.54) is 66.4 Å². The number of fused-ring (bicyclic) bond motifs is 4. The summed E-state index contributed by atoms with van der Waals surface area (Å²) in [5.74, 6) is 0. The molecule has 0 aromatic heterocycles. The van der Waals surface area contributed by atoms with Crippen LogP contribution in [0, 0.1) is 0 Å². The zero-order chi connectivity index (χ0) is 33.7. The van der Waals surface area contributed by atoms with Crippen LogP contribution < -0.4 is 4.90 Å². The lowest BCUT2D eigenvalue weighted by molar-refractivity contribution is 0.660. The Balaban J connectivity index is 1.17. The molecule has 0 radical (unpaired) electrons. The summed E-state index contributed by atoms with van der Waals surface area (Å²) < 4.78 is 0. The van der Waals surface area contributed by atoms with Gasteiger partial charge in [0.2, 0.25) is 0 Å². The molecule has 50 heavy (non-hydrogen) atoms. The Hall–Kier alpha value is -6.18. The van der Waals surface area contributed by atoms with E-state index in [9.17, 15) is 0 Å². The van der Waals surface area contributed by atoms with Gasteiger partial charge in [0.05, 0.1) is 0 Å². The lowest BCUT2D eigenvalue weighted by atomic mass is 9.82. The van der Waals surface area contributed by atoms with Crippen molar-refractivity contribution in [3.8, 4) is 44.5 Å². The normalized spacial score (nSPS) is 12.8. The van der Waals surface area contributed by atoms with Crippen LogP contribution in [0.1, 0.15) is 25.0 Å². The minimum absolute atomic E-state index is 0.0917. The van der Waals surface area contributed by atoms with Gasteiger partial charge in [-0.2, -0.15) is 0 Å². The van der Waals surface area contributed by atoms with E-state index in [4.69, 9.17) is 0 Å². The molecule has 1 aliphatic carbocycles. The Labute approximate surface area is 294 Å². The summed E-state index contributed by atoms with van der Waals surface area (Å²) in [7, 11) is 0. The number of anilines is 3. The van der Waals surface area contributed by atoms with Gasteiger partial charge >= 0.3 is 0 Å². The maximum atomic E-state index is 2.41. The van der Waals surface area contributed by atoms with Crippen molar-refractivity contribution in [2.75, 3.05) is 4.90 Å². The zero-order valence-corrected chi connectivity index (χ0v) is 28.3. The monoisotopic (exact) mass is 639 g/mol. The molecule has 0 saturated carbocycles. The van der Waals surface area contributed by atoms with Gasteiger partial charge in [0, 0.05) is 22.5 Å². The summed E-state index contributed by atoms with van der Waals surface area (Å²) in [6.07, 6.45) is 0. The first kappa shape index (κ1) is 29.9. The van der Waals surface area contributed by atoms with E-state index in [2.05, 4.69) is 207 Å². The van der Waals surface area contributed by atoms with E-state index >= 15 is 0 Å². The molecular weight excluding hydrogens is 603 g/mol. The molecule has 1 nitrogen and oxygen atoms in total. The van der Waals surface area contributed by atoms with Gasteiger partial charge in [0.1, 0.15) is 0 Å². The van der Waals surface area contributed by atoms with E-state index in [1.807, 2.05) is 0 Å². The molecule has 0 bridgehead atoms. The summed E-state index contributed by atoms with van der Waals surface area (Å²) in [4.78, 5) is 2.41. The van der Waals surface area contributed by atoms with Crippen LogP contribution in [0.4, 0.5) is 17.1 Å². The Kier molecular flexibility index (Phi) is 7.21. The number of benzene rings is 8. The van der Waals surface area contributed by atoms with Crippen LogP contribution >= 0.6 is 0 Å². The summed E-state index contributed by atoms with van der Waals surface area (Å²) in [5.41, 5.74) is 16.0. The summed E-state index contributed by atoms with van der Waals surface area (Å²) in [6, 6.07) is 68.6. The molecule has 8 aromatic carbocycles. The number of nitrogens with zero attached hydrogens (tertiary/aromatic N) is 1. The van der Waals surface area contributed by atoms with E-state index < -0.39 is 0 Å². The largest absolute Gasteiger partial charge is 0.310 e. The van der Waals surface area contributed by atoms with Gasteiger partial charge in [0.25, 0.3) is 0 Å². The molecule has 238 valence electrons. The van der Waals surface area contributed by atoms with E-state index in [-0.39, 0.29) is 5.41 Å². The number of hydrogen-bond donors (Lipinski definition) is 0. The SMILES string of the molecule is CC1(C)c2ccccc2-c2ccc(N(c3ccc(-c4ccccc4-c4ccccc4)cc3)c3cccc(-c4ccc5ccccc5c4)c3)cc21. The first-order valence-electron chi connectivity index (χ1n) is 17.4. The molecule has 0 unspecified atom stereocenters. The second-order valence-corrected chi connectivity index (χ2v) is 13.8. The van der Waals surface area contributed by atoms with Gasteiger partial charge in [-0.1, -0.05) is 159 Å². The van der Waals surface area contributed by atoms with Crippen LogP contribution in [-0.2, 0) is 5.41 Å². The fraction of sp³-hybridized carbons (Fsp3) is 0.0612. The van der Waals surface area contributed by atoms with Crippen molar-refractivity contribution in [1.82, 2.24) is 0 Å². The Morgan fingerprint density at radius 1 is 0.320 bits per heavy atom. The van der Waals surface area contributed by atoms with Gasteiger partial charge in [-0.05, 0) is 109 Å². The third-order valence-corrected chi connectivity index (χ3v) is 10.5. The molecule has 0 saturated heterocycles.